The summed E-state index contributed by atoms with van der Waals surface area (Å²) in [6, 6.07) is 2.05. The maximum atomic E-state index is 14.7. The average molecular weight is 618 g/mol. The summed E-state index contributed by atoms with van der Waals surface area (Å²) >= 11 is -0.929. The minimum atomic E-state index is -2.97. The number of ether oxygens (including phenoxy) is 1. The number of piperidine rings is 1. The SMILES string of the molecule is C[C@@H](C(=O)Nc1cnc(Oc2ccc(F)cc2F)cn1)N1CCC(F)(F)[C@@H](C2=CC=IN([O-])C=C2)C1. The van der Waals surface area contributed by atoms with Gasteiger partial charge in [-0.2, -0.15) is 0 Å². The molecule has 1 aromatic carbocycles. The number of hydroxylamine groups is 1. The molecule has 8 nitrogen and oxygen atoms in total. The van der Waals surface area contributed by atoms with Crippen LogP contribution < -0.4 is 10.1 Å². The second kappa shape index (κ2) is 11.0. The fourth-order valence-corrected chi connectivity index (χ4v) is 4.99. The molecule has 0 radical (unpaired) electrons. The van der Waals surface area contributed by atoms with Gasteiger partial charge in [0.2, 0.25) is 11.8 Å². The molecule has 0 aliphatic carbocycles. The fourth-order valence-electron chi connectivity index (χ4n) is 3.75. The van der Waals surface area contributed by atoms with Gasteiger partial charge in [-0.05, 0) is 61.9 Å². The molecule has 1 saturated heterocycles. The van der Waals surface area contributed by atoms with Crippen LogP contribution in [0.25, 0.3) is 0 Å². The molecular formula is C23H21F4IN5O3-. The first-order chi connectivity index (χ1) is 17.1. The van der Waals surface area contributed by atoms with Crippen molar-refractivity contribution in [1.29, 1.82) is 0 Å². The summed E-state index contributed by atoms with van der Waals surface area (Å²) in [5, 5.41) is 14.1. The van der Waals surface area contributed by atoms with Gasteiger partial charge in [-0.15, -0.1) is 0 Å². The number of rotatable bonds is 6. The topological polar surface area (TPSA) is 93.6 Å². The van der Waals surface area contributed by atoms with Crippen molar-refractivity contribution in [2.75, 3.05) is 18.4 Å². The van der Waals surface area contributed by atoms with Gasteiger partial charge in [-0.1, -0.05) is 6.08 Å². The molecule has 192 valence electrons. The number of hydrogen-bond donors (Lipinski definition) is 1. The first kappa shape index (κ1) is 26.2. The van der Waals surface area contributed by atoms with E-state index < -0.39 is 62.8 Å². The number of halogens is 5. The van der Waals surface area contributed by atoms with E-state index in [1.807, 2.05) is 0 Å². The number of likely N-dealkylation sites (tertiary alicyclic amines) is 1. The Hall–Kier alpha value is -2.91. The lowest BCUT2D eigenvalue weighted by atomic mass is 9.85. The predicted molar refractivity (Wildman–Crippen MR) is 134 cm³/mol. The Labute approximate surface area is 214 Å². The third-order valence-corrected chi connectivity index (χ3v) is 7.32. The van der Waals surface area contributed by atoms with E-state index in [4.69, 9.17) is 4.74 Å². The Morgan fingerprint density at radius 3 is 2.83 bits per heavy atom. The quantitative estimate of drug-likeness (QED) is 0.283. The van der Waals surface area contributed by atoms with Crippen LogP contribution >= 0.6 is 21.0 Å². The van der Waals surface area contributed by atoms with Crippen LogP contribution in [0, 0.1) is 22.8 Å². The third-order valence-electron chi connectivity index (χ3n) is 5.77. The molecule has 36 heavy (non-hydrogen) atoms. The maximum Gasteiger partial charge on any atom is 0.257 e. The predicted octanol–water partition coefficient (Wildman–Crippen LogP) is 4.77. The lowest BCUT2D eigenvalue weighted by molar-refractivity contribution is -0.128. The zero-order valence-corrected chi connectivity index (χ0v) is 21.0. The lowest BCUT2D eigenvalue weighted by Crippen LogP contribution is -2.53. The molecule has 1 amide bonds. The first-order valence-corrected chi connectivity index (χ1v) is 13.0. The van der Waals surface area contributed by atoms with Crippen molar-refractivity contribution in [2.45, 2.75) is 25.3 Å². The molecule has 0 bridgehead atoms. The van der Waals surface area contributed by atoms with Crippen molar-refractivity contribution >= 4 is 36.7 Å². The largest absolute Gasteiger partial charge is 0.750 e. The molecular weight excluding hydrogens is 597 g/mol. The summed E-state index contributed by atoms with van der Waals surface area (Å²) in [7, 11) is 0. The molecule has 4 rings (SSSR count). The molecule has 2 aromatic rings. The number of allylic oxidation sites excluding steroid dienone is 2. The summed E-state index contributed by atoms with van der Waals surface area (Å²) in [5.74, 6) is -6.50. The van der Waals surface area contributed by atoms with E-state index in [1.165, 1.54) is 18.5 Å². The molecule has 2 aliphatic heterocycles. The van der Waals surface area contributed by atoms with Gasteiger partial charge in [0.15, 0.2) is 17.4 Å². The maximum absolute atomic E-state index is 14.7. The number of nitrogens with one attached hydrogen (secondary N) is 1. The molecule has 3 heterocycles. The molecule has 0 spiro atoms. The van der Waals surface area contributed by atoms with Gasteiger partial charge in [0, 0.05) is 25.6 Å². The molecule has 0 unspecified atom stereocenters. The van der Waals surface area contributed by atoms with E-state index in [1.54, 1.807) is 21.9 Å². The number of aromatic nitrogens is 2. The van der Waals surface area contributed by atoms with Crippen molar-refractivity contribution < 1.29 is 27.1 Å². The zero-order chi connectivity index (χ0) is 25.9. The molecule has 2 aliphatic rings. The Kier molecular flexibility index (Phi) is 8.00. The van der Waals surface area contributed by atoms with Gasteiger partial charge in [-0.3, -0.25) is 9.69 Å². The van der Waals surface area contributed by atoms with E-state index in [2.05, 4.69) is 15.3 Å². The van der Waals surface area contributed by atoms with Gasteiger partial charge in [-0.25, -0.2) is 27.5 Å². The van der Waals surface area contributed by atoms with Crippen molar-refractivity contribution in [2.24, 2.45) is 5.92 Å². The highest BCUT2D eigenvalue weighted by atomic mass is 127. The summed E-state index contributed by atoms with van der Waals surface area (Å²) in [5.41, 5.74) is 0.356. The van der Waals surface area contributed by atoms with Crippen LogP contribution in [0.4, 0.5) is 23.4 Å². The van der Waals surface area contributed by atoms with Crippen LogP contribution in [0.15, 0.2) is 54.5 Å². The van der Waals surface area contributed by atoms with E-state index in [9.17, 15) is 27.6 Å². The molecule has 0 saturated carbocycles. The molecule has 1 fully saturated rings. The van der Waals surface area contributed by atoms with Crippen LogP contribution in [0.3, 0.4) is 0 Å². The number of nitrogens with zero attached hydrogens (tertiary/aromatic N) is 4. The number of carbonyl (C=O) groups excluding carboxylic acids is 1. The third kappa shape index (κ3) is 6.25. The van der Waals surface area contributed by atoms with Crippen LogP contribution in [0.5, 0.6) is 11.6 Å². The highest BCUT2D eigenvalue weighted by Gasteiger charge is 2.46. The fraction of sp³-hybridized carbons (Fsp3) is 0.304. The number of carbonyl (C=O) groups is 1. The second-order valence-corrected chi connectivity index (χ2v) is 10.3. The number of hydrogen-bond acceptors (Lipinski definition) is 7. The van der Waals surface area contributed by atoms with E-state index >= 15 is 0 Å². The standard InChI is InChI=1S/C23H21F4IN5O3/c1-14(32-9-6-23(26,27)17(13-32)15-4-7-28-33(35)8-5-15)22(34)31-20-11-30-21(12-29-20)36-19-3-2-16(24)10-18(19)25/h2-5,7-8,10-12,14,17H,6,9,13H2,1H3,(H,29,31,34)/q-1/t14-,17+/m0/s1. The Morgan fingerprint density at radius 1 is 1.31 bits per heavy atom. The number of alkyl halides is 2. The summed E-state index contributed by atoms with van der Waals surface area (Å²) < 4.78 is 63.9. The molecule has 1 N–H and O–H groups in total. The van der Waals surface area contributed by atoms with Gasteiger partial charge in [0.1, 0.15) is 5.82 Å². The van der Waals surface area contributed by atoms with Crippen molar-refractivity contribution in [3.8, 4) is 11.6 Å². The van der Waals surface area contributed by atoms with Gasteiger partial charge in [0.25, 0.3) is 5.92 Å². The monoisotopic (exact) mass is 618 g/mol. The second-order valence-electron chi connectivity index (χ2n) is 8.12. The molecule has 1 aromatic heterocycles. The normalized spacial score (nSPS) is 20.7. The van der Waals surface area contributed by atoms with Crippen LogP contribution in [0.2, 0.25) is 0 Å². The Morgan fingerprint density at radius 2 is 2.11 bits per heavy atom. The highest BCUT2D eigenvalue weighted by molar-refractivity contribution is 14.2. The first-order valence-electron chi connectivity index (χ1n) is 10.8. The minimum absolute atomic E-state index is 0.0150. The van der Waals surface area contributed by atoms with Gasteiger partial charge >= 0.3 is 0 Å². The Bertz CT molecular complexity index is 1210. The van der Waals surface area contributed by atoms with Gasteiger partial charge < -0.3 is 18.5 Å². The number of anilines is 1. The lowest BCUT2D eigenvalue weighted by Gasteiger charge is -2.41. The number of benzene rings is 1. The Balaban J connectivity index is 1.39. The smallest absolute Gasteiger partial charge is 0.257 e. The van der Waals surface area contributed by atoms with Crippen molar-refractivity contribution in [1.82, 2.24) is 18.1 Å². The summed E-state index contributed by atoms with van der Waals surface area (Å²) in [6.07, 6.45) is 6.19. The van der Waals surface area contributed by atoms with E-state index in [0.29, 0.717) is 11.6 Å². The van der Waals surface area contributed by atoms with Crippen molar-refractivity contribution in [3.63, 3.8) is 0 Å². The summed E-state index contributed by atoms with van der Waals surface area (Å²) in [6.45, 7) is 1.55. The van der Waals surface area contributed by atoms with Crippen molar-refractivity contribution in [3.05, 3.63) is 71.4 Å². The zero-order valence-electron chi connectivity index (χ0n) is 18.9. The highest BCUT2D eigenvalue weighted by Crippen LogP contribution is 2.39. The van der Waals surface area contributed by atoms with Gasteiger partial charge in [0.05, 0.1) is 24.4 Å². The number of amides is 1. The van der Waals surface area contributed by atoms with Crippen LogP contribution in [-0.2, 0) is 4.79 Å². The molecule has 2 atom stereocenters. The molecule has 13 heteroatoms. The van der Waals surface area contributed by atoms with E-state index in [-0.39, 0.29) is 30.5 Å². The minimum Gasteiger partial charge on any atom is -0.750 e. The average Bonchev–Trinajstić information content (AvgIpc) is 3.05. The van der Waals surface area contributed by atoms with Crippen LogP contribution in [-0.4, -0.2) is 53.1 Å². The summed E-state index contributed by atoms with van der Waals surface area (Å²) in [4.78, 5) is 22.4. The van der Waals surface area contributed by atoms with E-state index in [0.717, 1.165) is 21.6 Å². The van der Waals surface area contributed by atoms with Crippen LogP contribution in [0.1, 0.15) is 13.3 Å².